The van der Waals surface area contributed by atoms with Gasteiger partial charge in [0.15, 0.2) is 4.80 Å². The Bertz CT molecular complexity index is 1780. The van der Waals surface area contributed by atoms with Gasteiger partial charge < -0.3 is 13.9 Å². The minimum Gasteiger partial charge on any atom is -0.497 e. The van der Waals surface area contributed by atoms with Crippen LogP contribution in [0.25, 0.3) is 17.4 Å². The summed E-state index contributed by atoms with van der Waals surface area (Å²) >= 11 is 1.17. The molecule has 11 heteroatoms. The highest BCUT2D eigenvalue weighted by Gasteiger charge is 2.33. The SMILES string of the molecule is COC(=O)C1=C(C)N=c2s/c(=C/c3ccc(-c4cccc([N+](=O)[O-])c4)o3)c(=O)n2C1c1ccc(OC)cc1. The Morgan fingerprint density at radius 3 is 2.61 bits per heavy atom. The van der Waals surface area contributed by atoms with Crippen LogP contribution in [-0.4, -0.2) is 29.7 Å². The smallest absolute Gasteiger partial charge is 0.338 e. The lowest BCUT2D eigenvalue weighted by Crippen LogP contribution is -2.39. The molecule has 10 nitrogen and oxygen atoms in total. The molecule has 0 aliphatic carbocycles. The number of carbonyl (C=O) groups excluding carboxylic acids is 1. The number of ether oxygens (including phenoxy) is 2. The van der Waals surface area contributed by atoms with Crippen molar-refractivity contribution in [1.29, 1.82) is 0 Å². The number of hydrogen-bond donors (Lipinski definition) is 0. The summed E-state index contributed by atoms with van der Waals surface area (Å²) in [6, 6.07) is 15.8. The number of non-ortho nitro benzene ring substituents is 1. The van der Waals surface area contributed by atoms with Crippen molar-refractivity contribution in [2.24, 2.45) is 4.99 Å². The lowest BCUT2D eigenvalue weighted by molar-refractivity contribution is -0.384. The predicted molar refractivity (Wildman–Crippen MR) is 140 cm³/mol. The maximum absolute atomic E-state index is 13.7. The third-order valence-electron chi connectivity index (χ3n) is 6.10. The molecule has 1 aliphatic heterocycles. The van der Waals surface area contributed by atoms with Gasteiger partial charge in [-0.2, -0.15) is 0 Å². The minimum atomic E-state index is -0.746. The molecule has 0 bridgehead atoms. The largest absolute Gasteiger partial charge is 0.497 e. The van der Waals surface area contributed by atoms with Gasteiger partial charge in [0.05, 0.1) is 41.0 Å². The molecule has 0 spiro atoms. The van der Waals surface area contributed by atoms with Gasteiger partial charge in [0.25, 0.3) is 11.2 Å². The van der Waals surface area contributed by atoms with Crippen molar-refractivity contribution in [3.05, 3.63) is 113 Å². The first-order valence-corrected chi connectivity index (χ1v) is 12.2. The van der Waals surface area contributed by atoms with Crippen LogP contribution in [0.1, 0.15) is 24.3 Å². The number of allylic oxidation sites excluding steroid dienone is 1. The van der Waals surface area contributed by atoms with Crippen LogP contribution in [0.3, 0.4) is 0 Å². The Labute approximate surface area is 219 Å². The number of carbonyl (C=O) groups is 1. The van der Waals surface area contributed by atoms with Gasteiger partial charge in [-0.1, -0.05) is 35.6 Å². The van der Waals surface area contributed by atoms with Crippen LogP contribution in [-0.2, 0) is 9.53 Å². The maximum Gasteiger partial charge on any atom is 0.338 e. The van der Waals surface area contributed by atoms with E-state index in [4.69, 9.17) is 13.9 Å². The number of nitrogens with zero attached hydrogens (tertiary/aromatic N) is 3. The Morgan fingerprint density at radius 1 is 1.16 bits per heavy atom. The summed E-state index contributed by atoms with van der Waals surface area (Å²) in [4.78, 5) is 42.0. The highest BCUT2D eigenvalue weighted by Crippen LogP contribution is 2.31. The monoisotopic (exact) mass is 531 g/mol. The number of esters is 1. The average Bonchev–Trinajstić information content (AvgIpc) is 3.52. The highest BCUT2D eigenvalue weighted by atomic mass is 32.1. The van der Waals surface area contributed by atoms with Gasteiger partial charge in [0.1, 0.15) is 17.3 Å². The lowest BCUT2D eigenvalue weighted by atomic mass is 9.96. The van der Waals surface area contributed by atoms with E-state index in [0.29, 0.717) is 43.4 Å². The van der Waals surface area contributed by atoms with Crippen molar-refractivity contribution in [3.63, 3.8) is 0 Å². The van der Waals surface area contributed by atoms with E-state index < -0.39 is 16.9 Å². The zero-order chi connectivity index (χ0) is 27.0. The van der Waals surface area contributed by atoms with Crippen LogP contribution >= 0.6 is 11.3 Å². The number of furan rings is 1. The maximum atomic E-state index is 13.7. The van der Waals surface area contributed by atoms with Crippen molar-refractivity contribution in [2.45, 2.75) is 13.0 Å². The van der Waals surface area contributed by atoms with Crippen LogP contribution in [0.15, 0.2) is 86.1 Å². The van der Waals surface area contributed by atoms with Gasteiger partial charge in [0, 0.05) is 23.8 Å². The topological polar surface area (TPSA) is 126 Å². The zero-order valence-electron chi connectivity index (χ0n) is 20.5. The molecule has 192 valence electrons. The minimum absolute atomic E-state index is 0.0518. The molecule has 1 unspecified atom stereocenters. The van der Waals surface area contributed by atoms with Gasteiger partial charge in [-0.15, -0.1) is 0 Å². The number of rotatable bonds is 6. The fourth-order valence-electron chi connectivity index (χ4n) is 4.28. The van der Waals surface area contributed by atoms with E-state index in [1.54, 1.807) is 68.6 Å². The number of nitro groups is 1. The molecule has 1 aliphatic rings. The summed E-state index contributed by atoms with van der Waals surface area (Å²) in [5.74, 6) is 0.877. The van der Waals surface area contributed by atoms with Gasteiger partial charge >= 0.3 is 5.97 Å². The summed E-state index contributed by atoms with van der Waals surface area (Å²) < 4.78 is 18.0. The van der Waals surface area contributed by atoms with Gasteiger partial charge in [-0.05, 0) is 36.8 Å². The fraction of sp³-hybridized carbons (Fsp3) is 0.148. The quantitative estimate of drug-likeness (QED) is 0.211. The van der Waals surface area contributed by atoms with E-state index in [9.17, 15) is 19.7 Å². The Balaban J connectivity index is 1.61. The molecule has 0 saturated carbocycles. The second kappa shape index (κ2) is 9.94. The summed E-state index contributed by atoms with van der Waals surface area (Å²) in [5, 5.41) is 11.1. The number of fused-ring (bicyclic) bond motifs is 1. The van der Waals surface area contributed by atoms with E-state index >= 15 is 0 Å². The molecule has 3 heterocycles. The Kier molecular flexibility index (Phi) is 6.52. The van der Waals surface area contributed by atoms with Crippen LogP contribution in [0.2, 0.25) is 0 Å². The van der Waals surface area contributed by atoms with E-state index in [0.717, 1.165) is 0 Å². The van der Waals surface area contributed by atoms with Crippen molar-refractivity contribution in [2.75, 3.05) is 14.2 Å². The molecule has 0 amide bonds. The first kappa shape index (κ1) is 24.9. The molecular weight excluding hydrogens is 510 g/mol. The molecule has 2 aromatic heterocycles. The van der Waals surface area contributed by atoms with E-state index in [1.165, 1.54) is 35.1 Å². The molecule has 4 aromatic rings. The zero-order valence-corrected chi connectivity index (χ0v) is 21.4. The summed E-state index contributed by atoms with van der Waals surface area (Å²) in [5.41, 5.74) is 1.55. The molecule has 0 fully saturated rings. The van der Waals surface area contributed by atoms with Crippen LogP contribution in [0.5, 0.6) is 5.75 Å². The van der Waals surface area contributed by atoms with Gasteiger partial charge in [-0.25, -0.2) is 9.79 Å². The number of thiazole rings is 1. The van der Waals surface area contributed by atoms with Crippen LogP contribution < -0.4 is 19.6 Å². The number of methoxy groups -OCH3 is 2. The predicted octanol–water partition coefficient (Wildman–Crippen LogP) is 3.59. The molecule has 38 heavy (non-hydrogen) atoms. The first-order valence-electron chi connectivity index (χ1n) is 11.4. The number of nitro benzene ring substituents is 1. The Hall–Kier alpha value is -4.77. The molecule has 0 N–H and O–H groups in total. The summed E-state index contributed by atoms with van der Waals surface area (Å²) in [6.07, 6.45) is 1.59. The van der Waals surface area contributed by atoms with Crippen molar-refractivity contribution < 1.29 is 23.6 Å². The van der Waals surface area contributed by atoms with E-state index in [2.05, 4.69) is 4.99 Å². The third kappa shape index (κ3) is 4.43. The fourth-order valence-corrected chi connectivity index (χ4v) is 5.31. The molecule has 5 rings (SSSR count). The number of hydrogen-bond acceptors (Lipinski definition) is 9. The highest BCUT2D eigenvalue weighted by molar-refractivity contribution is 7.07. The first-order chi connectivity index (χ1) is 18.3. The summed E-state index contributed by atoms with van der Waals surface area (Å²) in [6.45, 7) is 1.71. The standard InChI is InChI=1S/C27H21N3O7S/c1-15-23(26(32)36-3)24(16-7-9-19(35-2)10-8-16)29-25(31)22(38-27(29)28-15)14-20-11-12-21(37-20)17-5-4-6-18(13-17)30(33)34/h4-14,24H,1-3H3/b22-14+. The molecule has 0 saturated heterocycles. The molecule has 1 atom stereocenters. The average molecular weight is 532 g/mol. The second-order valence-corrected chi connectivity index (χ2v) is 9.37. The molecule has 2 aromatic carbocycles. The summed E-state index contributed by atoms with van der Waals surface area (Å²) in [7, 11) is 2.84. The molecule has 0 radical (unpaired) electrons. The Morgan fingerprint density at radius 2 is 1.92 bits per heavy atom. The van der Waals surface area contributed by atoms with Crippen LogP contribution in [0.4, 0.5) is 5.69 Å². The second-order valence-electron chi connectivity index (χ2n) is 8.36. The van der Waals surface area contributed by atoms with Gasteiger partial charge in [0.2, 0.25) is 0 Å². The van der Waals surface area contributed by atoms with Gasteiger partial charge in [-0.3, -0.25) is 19.5 Å². The van der Waals surface area contributed by atoms with E-state index in [-0.39, 0.29) is 16.8 Å². The number of aromatic nitrogens is 1. The lowest BCUT2D eigenvalue weighted by Gasteiger charge is -2.24. The van der Waals surface area contributed by atoms with Crippen molar-refractivity contribution >= 4 is 29.1 Å². The molecular formula is C27H21N3O7S. The third-order valence-corrected chi connectivity index (χ3v) is 7.08. The van der Waals surface area contributed by atoms with Crippen molar-refractivity contribution in [1.82, 2.24) is 4.57 Å². The normalized spacial score (nSPS) is 15.1. The van der Waals surface area contributed by atoms with Crippen LogP contribution in [0, 0.1) is 10.1 Å². The number of benzene rings is 2. The van der Waals surface area contributed by atoms with Crippen molar-refractivity contribution in [3.8, 4) is 17.1 Å². The van der Waals surface area contributed by atoms with E-state index in [1.807, 2.05) is 0 Å².